The summed E-state index contributed by atoms with van der Waals surface area (Å²) < 4.78 is 0. The lowest BCUT2D eigenvalue weighted by Gasteiger charge is -2.14. The average molecular weight is 358 g/mol. The monoisotopic (exact) mass is 357 g/mol. The lowest BCUT2D eigenvalue weighted by atomic mass is 10.1. The van der Waals surface area contributed by atoms with Crippen LogP contribution in [0.2, 0.25) is 5.02 Å². The van der Waals surface area contributed by atoms with Crippen molar-refractivity contribution in [3.05, 3.63) is 64.7 Å². The number of rotatable bonds is 5. The number of para-hydroxylation sites is 1. The van der Waals surface area contributed by atoms with Gasteiger partial charge in [0.15, 0.2) is 0 Å². The molecular formula is C19H20ClN3O2. The second kappa shape index (κ2) is 8.14. The van der Waals surface area contributed by atoms with Crippen LogP contribution in [0.5, 0.6) is 0 Å². The quantitative estimate of drug-likeness (QED) is 0.770. The molecule has 1 fully saturated rings. The van der Waals surface area contributed by atoms with Gasteiger partial charge in [-0.15, -0.1) is 0 Å². The molecule has 3 N–H and O–H groups in total. The van der Waals surface area contributed by atoms with Crippen molar-refractivity contribution in [2.45, 2.75) is 18.9 Å². The van der Waals surface area contributed by atoms with Crippen LogP contribution in [0.25, 0.3) is 0 Å². The van der Waals surface area contributed by atoms with E-state index in [4.69, 9.17) is 11.6 Å². The molecule has 1 aliphatic rings. The van der Waals surface area contributed by atoms with E-state index in [1.165, 1.54) is 0 Å². The number of amides is 2. The Balaban J connectivity index is 1.68. The molecule has 0 aliphatic carbocycles. The van der Waals surface area contributed by atoms with E-state index in [-0.39, 0.29) is 11.8 Å². The summed E-state index contributed by atoms with van der Waals surface area (Å²) in [5.41, 5.74) is 1.41. The van der Waals surface area contributed by atoms with Gasteiger partial charge in [-0.25, -0.2) is 0 Å². The van der Waals surface area contributed by atoms with E-state index >= 15 is 0 Å². The van der Waals surface area contributed by atoms with Crippen LogP contribution >= 0.6 is 11.6 Å². The van der Waals surface area contributed by atoms with Gasteiger partial charge in [0, 0.05) is 23.2 Å². The van der Waals surface area contributed by atoms with Crippen molar-refractivity contribution in [1.82, 2.24) is 10.6 Å². The predicted octanol–water partition coefficient (Wildman–Crippen LogP) is 3.07. The van der Waals surface area contributed by atoms with E-state index in [2.05, 4.69) is 16.0 Å². The van der Waals surface area contributed by atoms with Crippen LogP contribution in [0.15, 0.2) is 48.5 Å². The van der Waals surface area contributed by atoms with Crippen molar-refractivity contribution in [2.24, 2.45) is 0 Å². The number of hydrogen-bond acceptors (Lipinski definition) is 3. The second-order valence-electron chi connectivity index (χ2n) is 6.01. The van der Waals surface area contributed by atoms with E-state index < -0.39 is 0 Å². The highest BCUT2D eigenvalue weighted by Gasteiger charge is 2.17. The van der Waals surface area contributed by atoms with Gasteiger partial charge in [-0.3, -0.25) is 9.59 Å². The van der Waals surface area contributed by atoms with E-state index in [0.717, 1.165) is 19.4 Å². The number of hydrogen-bond donors (Lipinski definition) is 3. The molecule has 0 aromatic heterocycles. The Hall–Kier alpha value is -2.37. The molecule has 2 aromatic rings. The maximum Gasteiger partial charge on any atom is 0.255 e. The summed E-state index contributed by atoms with van der Waals surface area (Å²) in [6.45, 7) is 1.58. The van der Waals surface area contributed by atoms with Gasteiger partial charge in [0.05, 0.1) is 11.3 Å². The van der Waals surface area contributed by atoms with Crippen molar-refractivity contribution in [3.8, 4) is 0 Å². The molecule has 1 aliphatic heterocycles. The van der Waals surface area contributed by atoms with Crippen LogP contribution in [0.1, 0.15) is 33.6 Å². The largest absolute Gasteiger partial charge is 0.350 e. The van der Waals surface area contributed by atoms with Crippen molar-refractivity contribution in [2.75, 3.05) is 18.4 Å². The summed E-state index contributed by atoms with van der Waals surface area (Å²) in [6.07, 6.45) is 2.20. The van der Waals surface area contributed by atoms with Gasteiger partial charge < -0.3 is 16.0 Å². The SMILES string of the molecule is O=C(Nc1ccccc1C(=O)NCC1CCCN1)c1ccc(Cl)cc1. The molecule has 3 rings (SSSR count). The zero-order valence-electron chi connectivity index (χ0n) is 13.7. The maximum atomic E-state index is 12.5. The fraction of sp³-hybridized carbons (Fsp3) is 0.263. The van der Waals surface area contributed by atoms with Crippen LogP contribution in [0, 0.1) is 0 Å². The summed E-state index contributed by atoms with van der Waals surface area (Å²) in [6, 6.07) is 13.9. The van der Waals surface area contributed by atoms with Crippen LogP contribution in [0.4, 0.5) is 5.69 Å². The molecule has 1 saturated heterocycles. The molecule has 1 atom stereocenters. The van der Waals surface area contributed by atoms with Crippen molar-refractivity contribution in [1.29, 1.82) is 0 Å². The summed E-state index contributed by atoms with van der Waals surface area (Å²) in [5, 5.41) is 9.64. The zero-order valence-corrected chi connectivity index (χ0v) is 14.5. The molecule has 2 aromatic carbocycles. The van der Waals surface area contributed by atoms with Gasteiger partial charge in [0.1, 0.15) is 0 Å². The fourth-order valence-corrected chi connectivity index (χ4v) is 2.95. The first-order valence-electron chi connectivity index (χ1n) is 8.31. The average Bonchev–Trinajstić information content (AvgIpc) is 3.14. The third-order valence-electron chi connectivity index (χ3n) is 4.20. The predicted molar refractivity (Wildman–Crippen MR) is 99.2 cm³/mol. The number of nitrogens with one attached hydrogen (secondary N) is 3. The Morgan fingerprint density at radius 2 is 1.84 bits per heavy atom. The van der Waals surface area contributed by atoms with Crippen LogP contribution < -0.4 is 16.0 Å². The van der Waals surface area contributed by atoms with Crippen LogP contribution in [-0.4, -0.2) is 30.9 Å². The Labute approximate surface area is 151 Å². The standard InChI is InChI=1S/C19H20ClN3O2/c20-14-9-7-13(8-10-14)18(24)23-17-6-2-1-5-16(17)19(25)22-12-15-4-3-11-21-15/h1-2,5-10,15,21H,3-4,11-12H2,(H,22,25)(H,23,24). The summed E-state index contributed by atoms with van der Waals surface area (Å²) in [7, 11) is 0. The lowest BCUT2D eigenvalue weighted by molar-refractivity contribution is 0.0951. The second-order valence-corrected chi connectivity index (χ2v) is 6.45. The summed E-state index contributed by atoms with van der Waals surface area (Å²) >= 11 is 5.84. The van der Waals surface area contributed by atoms with Crippen LogP contribution in [-0.2, 0) is 0 Å². The van der Waals surface area contributed by atoms with Crippen LogP contribution in [0.3, 0.4) is 0 Å². The number of halogens is 1. The normalized spacial score (nSPS) is 16.4. The first kappa shape index (κ1) is 17.5. The molecule has 130 valence electrons. The van der Waals surface area contributed by atoms with E-state index in [9.17, 15) is 9.59 Å². The minimum atomic E-state index is -0.283. The van der Waals surface area contributed by atoms with Gasteiger partial charge in [0.25, 0.3) is 11.8 Å². The highest BCUT2D eigenvalue weighted by atomic mass is 35.5. The molecule has 5 nitrogen and oxygen atoms in total. The summed E-state index contributed by atoms with van der Waals surface area (Å²) in [5.74, 6) is -0.477. The lowest BCUT2D eigenvalue weighted by Crippen LogP contribution is -2.37. The van der Waals surface area contributed by atoms with Crippen molar-refractivity contribution < 1.29 is 9.59 Å². The Kier molecular flexibility index (Phi) is 5.68. The highest BCUT2D eigenvalue weighted by molar-refractivity contribution is 6.30. The number of anilines is 1. The fourth-order valence-electron chi connectivity index (χ4n) is 2.83. The number of carbonyl (C=O) groups excluding carboxylic acids is 2. The zero-order chi connectivity index (χ0) is 17.6. The van der Waals surface area contributed by atoms with Crippen molar-refractivity contribution >= 4 is 29.1 Å². The molecule has 2 amide bonds. The maximum absolute atomic E-state index is 12.5. The minimum absolute atomic E-state index is 0.194. The summed E-state index contributed by atoms with van der Waals surface area (Å²) in [4.78, 5) is 24.8. The molecule has 1 unspecified atom stereocenters. The van der Waals surface area contributed by atoms with E-state index in [0.29, 0.717) is 34.4 Å². The van der Waals surface area contributed by atoms with Gasteiger partial charge in [0.2, 0.25) is 0 Å². The molecule has 0 saturated carbocycles. The molecule has 0 bridgehead atoms. The third kappa shape index (κ3) is 4.59. The Bertz CT molecular complexity index is 756. The third-order valence-corrected chi connectivity index (χ3v) is 4.45. The Morgan fingerprint density at radius 1 is 1.08 bits per heavy atom. The molecule has 1 heterocycles. The molecule has 6 heteroatoms. The smallest absolute Gasteiger partial charge is 0.255 e. The topological polar surface area (TPSA) is 70.2 Å². The minimum Gasteiger partial charge on any atom is -0.350 e. The molecular weight excluding hydrogens is 338 g/mol. The first-order chi connectivity index (χ1) is 12.1. The van der Waals surface area contributed by atoms with Gasteiger partial charge in [-0.2, -0.15) is 0 Å². The van der Waals surface area contributed by atoms with Gasteiger partial charge in [-0.05, 0) is 55.8 Å². The number of carbonyl (C=O) groups is 2. The van der Waals surface area contributed by atoms with Gasteiger partial charge >= 0.3 is 0 Å². The van der Waals surface area contributed by atoms with Gasteiger partial charge in [-0.1, -0.05) is 23.7 Å². The Morgan fingerprint density at radius 3 is 2.56 bits per heavy atom. The molecule has 0 spiro atoms. The van der Waals surface area contributed by atoms with Crippen molar-refractivity contribution in [3.63, 3.8) is 0 Å². The van der Waals surface area contributed by atoms with E-state index in [1.807, 2.05) is 0 Å². The molecule has 25 heavy (non-hydrogen) atoms. The first-order valence-corrected chi connectivity index (χ1v) is 8.69. The van der Waals surface area contributed by atoms with E-state index in [1.54, 1.807) is 48.5 Å². The number of benzene rings is 2. The molecule has 0 radical (unpaired) electrons. The highest BCUT2D eigenvalue weighted by Crippen LogP contribution is 2.17.